The van der Waals surface area contributed by atoms with E-state index in [2.05, 4.69) is 10.2 Å². The van der Waals surface area contributed by atoms with Crippen molar-refractivity contribution in [1.29, 1.82) is 0 Å². The van der Waals surface area contributed by atoms with Crippen LogP contribution >= 0.6 is 11.6 Å². The third kappa shape index (κ3) is 4.76. The minimum Gasteiger partial charge on any atom is -0.491 e. The summed E-state index contributed by atoms with van der Waals surface area (Å²) in [5.41, 5.74) is 2.55. The fourth-order valence-electron chi connectivity index (χ4n) is 4.41. The maximum absolute atomic E-state index is 13.4. The Balaban J connectivity index is 1.49. The number of pyridine rings is 1. The predicted octanol–water partition coefficient (Wildman–Crippen LogP) is 3.20. The standard InChI is InChI=1S/C25H26ClN3O4/c26-19-4-2-17(3-5-19)14-27-25(31)21-16-29-6-1-9-33-22-13-18(12-20(23(22)29)24(21)30)15-28-7-10-32-11-8-28/h2-5,12-13,16H,1,6-11,14-15H2,(H,27,31). The number of aromatic nitrogens is 1. The Labute approximate surface area is 196 Å². The van der Waals surface area contributed by atoms with Gasteiger partial charge in [0.25, 0.3) is 5.91 Å². The molecule has 0 unspecified atom stereocenters. The Hall–Kier alpha value is -2.87. The van der Waals surface area contributed by atoms with Crippen molar-refractivity contribution in [1.82, 2.24) is 14.8 Å². The number of benzene rings is 2. The largest absolute Gasteiger partial charge is 0.491 e. The van der Waals surface area contributed by atoms with Crippen LogP contribution in [0.1, 0.15) is 27.9 Å². The number of ether oxygens (including phenoxy) is 2. The van der Waals surface area contributed by atoms with E-state index in [1.165, 1.54) is 0 Å². The van der Waals surface area contributed by atoms with E-state index in [1.54, 1.807) is 18.3 Å². The fourth-order valence-corrected chi connectivity index (χ4v) is 4.54. The molecule has 1 aromatic heterocycles. The van der Waals surface area contributed by atoms with Crippen LogP contribution in [0.2, 0.25) is 5.02 Å². The zero-order valence-electron chi connectivity index (χ0n) is 18.3. The van der Waals surface area contributed by atoms with Gasteiger partial charge >= 0.3 is 0 Å². The van der Waals surface area contributed by atoms with Crippen LogP contribution in [-0.2, 0) is 24.4 Å². The molecule has 3 aromatic rings. The molecule has 8 heteroatoms. The van der Waals surface area contributed by atoms with Crippen molar-refractivity contribution < 1.29 is 14.3 Å². The second-order valence-corrected chi connectivity index (χ2v) is 8.89. The molecule has 1 saturated heterocycles. The van der Waals surface area contributed by atoms with E-state index in [-0.39, 0.29) is 16.9 Å². The molecule has 0 atom stereocenters. The average Bonchev–Trinajstić information content (AvgIpc) is 3.04. The zero-order chi connectivity index (χ0) is 22.8. The van der Waals surface area contributed by atoms with Crippen molar-refractivity contribution in [2.75, 3.05) is 32.9 Å². The van der Waals surface area contributed by atoms with Gasteiger partial charge in [0.1, 0.15) is 11.3 Å². The van der Waals surface area contributed by atoms with Crippen molar-refractivity contribution in [2.24, 2.45) is 0 Å². The number of hydrogen-bond donors (Lipinski definition) is 1. The highest BCUT2D eigenvalue weighted by Crippen LogP contribution is 2.29. The summed E-state index contributed by atoms with van der Waals surface area (Å²) in [5, 5.41) is 4.03. The number of carbonyl (C=O) groups excluding carboxylic acids is 1. The molecule has 3 heterocycles. The molecule has 1 N–H and O–H groups in total. The summed E-state index contributed by atoms with van der Waals surface area (Å²) in [6, 6.07) is 11.2. The Morgan fingerprint density at radius 3 is 2.61 bits per heavy atom. The SMILES string of the molecule is O=C(NCc1ccc(Cl)cc1)c1cn2c3c(cc(CN4CCOCC4)cc3c1=O)OCCC2. The van der Waals surface area contributed by atoms with Gasteiger partial charge in [-0.15, -0.1) is 0 Å². The monoisotopic (exact) mass is 467 g/mol. The smallest absolute Gasteiger partial charge is 0.257 e. The van der Waals surface area contributed by atoms with E-state index in [1.807, 2.05) is 28.8 Å². The van der Waals surface area contributed by atoms with Crippen molar-refractivity contribution >= 4 is 28.4 Å². The molecule has 0 spiro atoms. The summed E-state index contributed by atoms with van der Waals surface area (Å²) in [4.78, 5) is 28.8. The number of carbonyl (C=O) groups is 1. The van der Waals surface area contributed by atoms with Crippen molar-refractivity contribution in [3.63, 3.8) is 0 Å². The summed E-state index contributed by atoms with van der Waals surface area (Å²) in [6.07, 6.45) is 2.47. The average molecular weight is 468 g/mol. The van der Waals surface area contributed by atoms with E-state index in [9.17, 15) is 9.59 Å². The lowest BCUT2D eigenvalue weighted by molar-refractivity contribution is 0.0342. The van der Waals surface area contributed by atoms with Gasteiger partial charge in [-0.25, -0.2) is 0 Å². The van der Waals surface area contributed by atoms with Crippen LogP contribution in [0, 0.1) is 0 Å². The number of hydrogen-bond acceptors (Lipinski definition) is 5. The topological polar surface area (TPSA) is 72.8 Å². The lowest BCUT2D eigenvalue weighted by Gasteiger charge is -2.27. The van der Waals surface area contributed by atoms with Crippen LogP contribution in [-0.4, -0.2) is 48.3 Å². The molecule has 0 radical (unpaired) electrons. The molecule has 33 heavy (non-hydrogen) atoms. The molecule has 7 nitrogen and oxygen atoms in total. The zero-order valence-corrected chi connectivity index (χ0v) is 19.1. The molecular formula is C25H26ClN3O4. The second kappa shape index (κ2) is 9.55. The van der Waals surface area contributed by atoms with Crippen LogP contribution in [0.4, 0.5) is 0 Å². The Kier molecular flexibility index (Phi) is 6.35. The third-order valence-corrected chi connectivity index (χ3v) is 6.37. The van der Waals surface area contributed by atoms with Crippen LogP contribution in [0.25, 0.3) is 10.9 Å². The number of nitrogens with zero attached hydrogens (tertiary/aromatic N) is 2. The first kappa shape index (κ1) is 21.9. The lowest BCUT2D eigenvalue weighted by atomic mass is 10.1. The van der Waals surface area contributed by atoms with Crippen molar-refractivity contribution in [3.05, 3.63) is 74.5 Å². The van der Waals surface area contributed by atoms with Gasteiger partial charge in [0.15, 0.2) is 0 Å². The first-order chi connectivity index (χ1) is 16.1. The van der Waals surface area contributed by atoms with E-state index in [4.69, 9.17) is 21.1 Å². The Bertz CT molecular complexity index is 1230. The normalized spacial score (nSPS) is 16.3. The molecule has 2 aromatic carbocycles. The number of halogens is 1. The number of nitrogens with one attached hydrogen (secondary N) is 1. The van der Waals surface area contributed by atoms with Gasteiger partial charge in [0.2, 0.25) is 5.43 Å². The molecule has 5 rings (SSSR count). The predicted molar refractivity (Wildman–Crippen MR) is 127 cm³/mol. The highest BCUT2D eigenvalue weighted by molar-refractivity contribution is 6.30. The summed E-state index contributed by atoms with van der Waals surface area (Å²) in [6.45, 7) is 5.41. The molecule has 1 fully saturated rings. The van der Waals surface area contributed by atoms with Gasteiger partial charge in [-0.2, -0.15) is 0 Å². The Morgan fingerprint density at radius 1 is 1.03 bits per heavy atom. The van der Waals surface area contributed by atoms with Crippen molar-refractivity contribution in [3.8, 4) is 5.75 Å². The maximum atomic E-state index is 13.4. The number of rotatable bonds is 5. The fraction of sp³-hybridized carbons (Fsp3) is 0.360. The molecule has 172 valence electrons. The van der Waals surface area contributed by atoms with Crippen molar-refractivity contribution in [2.45, 2.75) is 26.1 Å². The minimum atomic E-state index is -0.383. The molecule has 0 aliphatic carbocycles. The van der Waals surface area contributed by atoms with Gasteiger partial charge in [-0.1, -0.05) is 23.7 Å². The van der Waals surface area contributed by atoms with Gasteiger partial charge < -0.3 is 19.4 Å². The quantitative estimate of drug-likeness (QED) is 0.624. The molecule has 0 bridgehead atoms. The summed E-state index contributed by atoms with van der Waals surface area (Å²) in [5.74, 6) is 0.323. The molecule has 1 amide bonds. The summed E-state index contributed by atoms with van der Waals surface area (Å²) < 4.78 is 13.4. The van der Waals surface area contributed by atoms with Gasteiger partial charge in [0, 0.05) is 43.9 Å². The van der Waals surface area contributed by atoms with Crippen LogP contribution in [0.5, 0.6) is 5.75 Å². The van der Waals surface area contributed by atoms with E-state index >= 15 is 0 Å². The third-order valence-electron chi connectivity index (χ3n) is 6.12. The van der Waals surface area contributed by atoms with Gasteiger partial charge in [0.05, 0.1) is 30.7 Å². The van der Waals surface area contributed by atoms with E-state index < -0.39 is 0 Å². The van der Waals surface area contributed by atoms with E-state index in [0.29, 0.717) is 55.6 Å². The molecule has 0 saturated carbocycles. The Morgan fingerprint density at radius 2 is 1.82 bits per heavy atom. The number of morpholine rings is 1. The minimum absolute atomic E-state index is 0.146. The summed E-state index contributed by atoms with van der Waals surface area (Å²) >= 11 is 5.93. The number of aryl methyl sites for hydroxylation is 1. The highest BCUT2D eigenvalue weighted by atomic mass is 35.5. The van der Waals surface area contributed by atoms with Crippen LogP contribution < -0.4 is 15.5 Å². The highest BCUT2D eigenvalue weighted by Gasteiger charge is 2.21. The molecular weight excluding hydrogens is 442 g/mol. The van der Waals surface area contributed by atoms with E-state index in [0.717, 1.165) is 36.2 Å². The first-order valence-corrected chi connectivity index (χ1v) is 11.6. The second-order valence-electron chi connectivity index (χ2n) is 8.46. The maximum Gasteiger partial charge on any atom is 0.257 e. The van der Waals surface area contributed by atoms with Gasteiger partial charge in [-0.3, -0.25) is 14.5 Å². The molecule has 2 aliphatic heterocycles. The number of amides is 1. The summed E-state index contributed by atoms with van der Waals surface area (Å²) in [7, 11) is 0. The first-order valence-electron chi connectivity index (χ1n) is 11.2. The van der Waals surface area contributed by atoms with Gasteiger partial charge in [-0.05, 0) is 41.8 Å². The molecule has 2 aliphatic rings. The van der Waals surface area contributed by atoms with Crippen LogP contribution in [0.15, 0.2) is 47.4 Å². The van der Waals surface area contributed by atoms with Crippen LogP contribution in [0.3, 0.4) is 0 Å². The lowest BCUT2D eigenvalue weighted by Crippen LogP contribution is -2.35.